The average molecular weight is 463 g/mol. The molecular weight excluding hydrogens is 436 g/mol. The van der Waals surface area contributed by atoms with Crippen molar-refractivity contribution < 1.29 is 14.4 Å². The number of rotatable bonds is 2. The molecule has 1 saturated heterocycles. The van der Waals surface area contributed by atoms with Crippen molar-refractivity contribution in [3.8, 4) is 0 Å². The van der Waals surface area contributed by atoms with E-state index in [-0.39, 0.29) is 11.8 Å². The Morgan fingerprint density at radius 3 is 2.33 bits per heavy atom. The molecule has 3 amide bonds. The lowest BCUT2D eigenvalue weighted by molar-refractivity contribution is -0.182. The van der Waals surface area contributed by atoms with Gasteiger partial charge in [0.05, 0.1) is 11.5 Å². The molecule has 3 aliphatic rings. The summed E-state index contributed by atoms with van der Waals surface area (Å²) in [6, 6.07) is 15.0. The van der Waals surface area contributed by atoms with E-state index in [2.05, 4.69) is 0 Å². The summed E-state index contributed by atoms with van der Waals surface area (Å²) >= 11 is 6.15. The van der Waals surface area contributed by atoms with Crippen molar-refractivity contribution in [1.82, 2.24) is 9.80 Å². The van der Waals surface area contributed by atoms with Gasteiger partial charge in [-0.05, 0) is 47.7 Å². The van der Waals surface area contributed by atoms with Gasteiger partial charge >= 0.3 is 0 Å². The molecular formula is C27H27ClN2O3. The smallest absolute Gasteiger partial charge is 0.245 e. The highest BCUT2D eigenvalue weighted by atomic mass is 35.5. The Labute approximate surface area is 199 Å². The van der Waals surface area contributed by atoms with Gasteiger partial charge in [-0.15, -0.1) is 0 Å². The molecule has 2 fully saturated rings. The van der Waals surface area contributed by atoms with Crippen molar-refractivity contribution >= 4 is 35.4 Å². The van der Waals surface area contributed by atoms with Gasteiger partial charge in [-0.1, -0.05) is 68.8 Å². The van der Waals surface area contributed by atoms with E-state index in [0.717, 1.165) is 16.7 Å². The molecule has 0 spiro atoms. The number of imide groups is 1. The van der Waals surface area contributed by atoms with Crippen molar-refractivity contribution in [2.75, 3.05) is 7.05 Å². The topological polar surface area (TPSA) is 57.7 Å². The highest BCUT2D eigenvalue weighted by molar-refractivity contribution is 6.30. The van der Waals surface area contributed by atoms with Gasteiger partial charge in [0, 0.05) is 23.7 Å². The molecule has 2 bridgehead atoms. The Kier molecular flexibility index (Phi) is 4.67. The molecule has 5 nitrogen and oxygen atoms in total. The van der Waals surface area contributed by atoms with Gasteiger partial charge in [-0.2, -0.15) is 0 Å². The predicted octanol–water partition coefficient (Wildman–Crippen LogP) is 5.05. The Bertz CT molecular complexity index is 1220. The molecule has 2 aliphatic heterocycles. The van der Waals surface area contributed by atoms with E-state index in [1.165, 1.54) is 11.9 Å². The quantitative estimate of drug-likeness (QED) is 0.463. The number of hydrogen-bond acceptors (Lipinski definition) is 3. The van der Waals surface area contributed by atoms with E-state index < -0.39 is 28.2 Å². The number of carbonyl (C=O) groups excluding carboxylic acids is 3. The Morgan fingerprint density at radius 1 is 0.970 bits per heavy atom. The molecule has 170 valence electrons. The summed E-state index contributed by atoms with van der Waals surface area (Å²) < 4.78 is 0. The number of halogens is 1. The molecule has 0 aromatic heterocycles. The van der Waals surface area contributed by atoms with Gasteiger partial charge in [0.1, 0.15) is 5.41 Å². The third-order valence-corrected chi connectivity index (χ3v) is 8.91. The van der Waals surface area contributed by atoms with Crippen LogP contribution in [0.15, 0.2) is 54.7 Å². The van der Waals surface area contributed by atoms with Gasteiger partial charge < -0.3 is 4.90 Å². The Balaban J connectivity index is 1.68. The van der Waals surface area contributed by atoms with Crippen LogP contribution in [0.5, 0.6) is 0 Å². The first-order chi connectivity index (χ1) is 15.6. The maximum atomic E-state index is 14.5. The van der Waals surface area contributed by atoms with Gasteiger partial charge in [0.25, 0.3) is 0 Å². The van der Waals surface area contributed by atoms with Crippen molar-refractivity contribution in [3.63, 3.8) is 0 Å². The molecule has 2 heterocycles. The molecule has 6 heteroatoms. The lowest BCUT2D eigenvalue weighted by Gasteiger charge is -2.53. The number of piperidine rings is 1. The van der Waals surface area contributed by atoms with E-state index in [4.69, 9.17) is 11.6 Å². The highest BCUT2D eigenvalue weighted by Gasteiger charge is 2.75. The molecule has 1 aliphatic carbocycles. The minimum atomic E-state index is -1.31. The second-order valence-corrected chi connectivity index (χ2v) is 10.6. The van der Waals surface area contributed by atoms with Crippen LogP contribution in [-0.4, -0.2) is 34.6 Å². The van der Waals surface area contributed by atoms with Crippen LogP contribution in [-0.2, 0) is 14.4 Å². The van der Waals surface area contributed by atoms with Crippen molar-refractivity contribution in [2.24, 2.45) is 16.2 Å². The summed E-state index contributed by atoms with van der Waals surface area (Å²) in [6.07, 6.45) is 4.55. The molecule has 1 saturated carbocycles. The Morgan fingerprint density at radius 2 is 1.64 bits per heavy atom. The zero-order valence-corrected chi connectivity index (χ0v) is 20.0. The summed E-state index contributed by atoms with van der Waals surface area (Å²) in [5, 5.41) is 0.616. The van der Waals surface area contributed by atoms with E-state index >= 15 is 0 Å². The average Bonchev–Trinajstić information content (AvgIpc) is 2.99. The predicted molar refractivity (Wildman–Crippen MR) is 127 cm³/mol. The monoisotopic (exact) mass is 462 g/mol. The standard InChI is InChI=1S/C27H27ClN2O3/c1-25(2)26(3)14-15-27(25,23(32)29(4)22(26)31)24(33)30-16-13-17-7-5-6-8-20(17)21(30)18-9-11-19(28)12-10-18/h5-13,16,21H,14-15H2,1-4H3/t21-,26-,27+/m0/s1. The largest absolute Gasteiger partial charge is 0.306 e. The van der Waals surface area contributed by atoms with Crippen LogP contribution in [0.25, 0.3) is 6.08 Å². The number of amides is 3. The molecule has 2 aromatic carbocycles. The first-order valence-electron chi connectivity index (χ1n) is 11.2. The Hall–Kier alpha value is -2.92. The van der Waals surface area contributed by atoms with Crippen LogP contribution >= 0.6 is 11.6 Å². The lowest BCUT2D eigenvalue weighted by atomic mass is 9.55. The SMILES string of the molecule is CN1C(=O)[C@@]2(C(=O)N3C=Cc4ccccc4[C@@H]3c3ccc(Cl)cc3)CC[C@@](C)(C1=O)C2(C)C. The summed E-state index contributed by atoms with van der Waals surface area (Å²) in [5.41, 5.74) is -0.000515. The van der Waals surface area contributed by atoms with Crippen LogP contribution in [0, 0.1) is 16.2 Å². The van der Waals surface area contributed by atoms with Crippen LogP contribution < -0.4 is 0 Å². The van der Waals surface area contributed by atoms with Crippen LogP contribution in [0.1, 0.15) is 56.3 Å². The number of fused-ring (bicyclic) bond motifs is 3. The fourth-order valence-corrected chi connectivity index (χ4v) is 6.32. The minimum absolute atomic E-state index is 0.202. The normalized spacial score (nSPS) is 29.9. The van der Waals surface area contributed by atoms with Gasteiger partial charge in [-0.25, -0.2) is 0 Å². The first-order valence-corrected chi connectivity index (χ1v) is 11.6. The fraction of sp³-hybridized carbons (Fsp3) is 0.370. The zero-order valence-electron chi connectivity index (χ0n) is 19.3. The summed E-state index contributed by atoms with van der Waals surface area (Å²) in [7, 11) is 1.50. The maximum absolute atomic E-state index is 14.5. The lowest BCUT2D eigenvalue weighted by Crippen LogP contribution is -2.67. The number of carbonyl (C=O) groups is 3. The van der Waals surface area contributed by atoms with Crippen molar-refractivity contribution in [3.05, 3.63) is 76.4 Å². The highest BCUT2D eigenvalue weighted by Crippen LogP contribution is 2.67. The summed E-state index contributed by atoms with van der Waals surface area (Å²) in [4.78, 5) is 44.2. The third kappa shape index (κ3) is 2.63. The molecule has 5 rings (SSSR count). The van der Waals surface area contributed by atoms with E-state index in [1.54, 1.807) is 11.1 Å². The molecule has 2 aromatic rings. The maximum Gasteiger partial charge on any atom is 0.245 e. The van der Waals surface area contributed by atoms with Crippen molar-refractivity contribution in [2.45, 2.75) is 39.7 Å². The first kappa shape index (κ1) is 21.9. The number of nitrogens with zero attached hydrogens (tertiary/aromatic N) is 2. The second-order valence-electron chi connectivity index (χ2n) is 10.1. The minimum Gasteiger partial charge on any atom is -0.306 e. The van der Waals surface area contributed by atoms with E-state index in [1.807, 2.05) is 75.4 Å². The molecule has 3 atom stereocenters. The summed E-state index contributed by atoms with van der Waals surface area (Å²) in [5.74, 6) is -0.863. The van der Waals surface area contributed by atoms with E-state index in [9.17, 15) is 14.4 Å². The van der Waals surface area contributed by atoms with Crippen LogP contribution in [0.3, 0.4) is 0 Å². The van der Waals surface area contributed by atoms with Gasteiger partial charge in [0.2, 0.25) is 17.7 Å². The zero-order chi connectivity index (χ0) is 23.8. The number of benzene rings is 2. The van der Waals surface area contributed by atoms with Crippen LogP contribution in [0.4, 0.5) is 0 Å². The molecule has 0 unspecified atom stereocenters. The van der Waals surface area contributed by atoms with Crippen LogP contribution in [0.2, 0.25) is 5.02 Å². The summed E-state index contributed by atoms with van der Waals surface area (Å²) in [6.45, 7) is 5.70. The second kappa shape index (κ2) is 7.04. The fourth-order valence-electron chi connectivity index (χ4n) is 6.20. The molecule has 0 radical (unpaired) electrons. The number of likely N-dealkylation sites (tertiary alicyclic amines) is 1. The van der Waals surface area contributed by atoms with Gasteiger partial charge in [-0.3, -0.25) is 19.3 Å². The van der Waals surface area contributed by atoms with Crippen molar-refractivity contribution in [1.29, 1.82) is 0 Å². The molecule has 33 heavy (non-hydrogen) atoms. The van der Waals surface area contributed by atoms with E-state index in [0.29, 0.717) is 17.9 Å². The molecule has 0 N–H and O–H groups in total. The third-order valence-electron chi connectivity index (χ3n) is 8.66. The number of hydrogen-bond donors (Lipinski definition) is 0. The van der Waals surface area contributed by atoms with Gasteiger partial charge in [0.15, 0.2) is 0 Å².